The summed E-state index contributed by atoms with van der Waals surface area (Å²) in [4.78, 5) is 9.00. The number of nitrogens with zero attached hydrogens (tertiary/aromatic N) is 4. The van der Waals surface area contributed by atoms with Gasteiger partial charge in [-0.1, -0.05) is 11.6 Å². The molecule has 2 fully saturated rings. The molecule has 2 aliphatic heterocycles. The fraction of sp³-hybridized carbons (Fsp3) is 0.407. The number of piperidine rings is 1. The van der Waals surface area contributed by atoms with Gasteiger partial charge in [0.05, 0.1) is 46.0 Å². The number of fused-ring (bicyclic) bond motifs is 1. The highest BCUT2D eigenvalue weighted by Gasteiger charge is 2.32. The number of halogens is 2. The van der Waals surface area contributed by atoms with Crippen LogP contribution in [-0.4, -0.2) is 63.7 Å². The number of hydrogen-bond acceptors (Lipinski definition) is 7. The molecule has 0 bridgehead atoms. The molecule has 3 aromatic rings. The molecule has 7 nitrogen and oxygen atoms in total. The van der Waals surface area contributed by atoms with Crippen LogP contribution in [0.2, 0.25) is 5.02 Å². The number of nitriles is 1. The first-order valence-corrected chi connectivity index (χ1v) is 14.3. The summed E-state index contributed by atoms with van der Waals surface area (Å²) >= 11 is 5.95. The lowest BCUT2D eigenvalue weighted by Crippen LogP contribution is -2.44. The van der Waals surface area contributed by atoms with Gasteiger partial charge in [-0.3, -0.25) is 9.88 Å². The number of anilines is 1. The molecule has 5 rings (SSSR count). The van der Waals surface area contributed by atoms with Gasteiger partial charge in [0, 0.05) is 43.8 Å². The van der Waals surface area contributed by atoms with Crippen molar-refractivity contribution in [1.29, 1.82) is 5.26 Å². The van der Waals surface area contributed by atoms with Gasteiger partial charge < -0.3 is 9.64 Å². The lowest BCUT2D eigenvalue weighted by molar-refractivity contribution is 0.0362. The molecule has 0 aliphatic carbocycles. The molecule has 2 aromatic carbocycles. The predicted octanol–water partition coefficient (Wildman–Crippen LogP) is 4.81. The summed E-state index contributed by atoms with van der Waals surface area (Å²) in [7, 11) is -4.07. The van der Waals surface area contributed by atoms with E-state index < -0.39 is 15.7 Å². The number of hydrogen-bond donors (Lipinski definition) is 0. The van der Waals surface area contributed by atoms with Gasteiger partial charge in [0.15, 0.2) is 0 Å². The summed E-state index contributed by atoms with van der Waals surface area (Å²) in [6, 6.07) is 10.9. The van der Waals surface area contributed by atoms with Gasteiger partial charge in [-0.05, 0) is 62.1 Å². The van der Waals surface area contributed by atoms with Crippen LogP contribution in [0.1, 0.15) is 31.2 Å². The Bertz CT molecular complexity index is 1450. The molecule has 2 saturated heterocycles. The number of sulfone groups is 1. The minimum atomic E-state index is -4.07. The van der Waals surface area contributed by atoms with Gasteiger partial charge in [-0.15, -0.1) is 0 Å². The lowest BCUT2D eigenvalue weighted by Gasteiger charge is -2.40. The summed E-state index contributed by atoms with van der Waals surface area (Å²) in [6.07, 6.45) is 5.21. The third-order valence-corrected chi connectivity index (χ3v) is 9.27. The third-order valence-electron chi connectivity index (χ3n) is 7.22. The van der Waals surface area contributed by atoms with Crippen LogP contribution in [0, 0.1) is 17.1 Å². The molecule has 0 saturated carbocycles. The van der Waals surface area contributed by atoms with Crippen molar-refractivity contribution in [2.24, 2.45) is 0 Å². The first-order chi connectivity index (χ1) is 17.9. The van der Waals surface area contributed by atoms with E-state index in [-0.39, 0.29) is 20.9 Å². The second kappa shape index (κ2) is 10.9. The van der Waals surface area contributed by atoms with Crippen LogP contribution in [0.25, 0.3) is 10.9 Å². The van der Waals surface area contributed by atoms with E-state index in [0.29, 0.717) is 28.7 Å². The first-order valence-electron chi connectivity index (χ1n) is 12.5. The molecule has 2 aliphatic rings. The molecule has 0 radical (unpaired) electrons. The molecule has 0 spiro atoms. The number of ether oxygens (including phenoxy) is 1. The SMILES string of the molecule is N#Cc1ccc2c(N3CCCC[C@@H]3CCN3CCOCC3)c(S(=O)(=O)c3ccc(F)c(Cl)c3)cnc2c1. The largest absolute Gasteiger partial charge is 0.379 e. The minimum absolute atomic E-state index is 0.0608. The zero-order chi connectivity index (χ0) is 26.0. The van der Waals surface area contributed by atoms with E-state index in [9.17, 15) is 18.1 Å². The van der Waals surface area contributed by atoms with Gasteiger partial charge in [0.25, 0.3) is 0 Å². The van der Waals surface area contributed by atoms with Crippen LogP contribution in [0.4, 0.5) is 10.1 Å². The number of pyridine rings is 1. The number of aromatic nitrogens is 1. The van der Waals surface area contributed by atoms with Gasteiger partial charge >= 0.3 is 0 Å². The Kier molecular flexibility index (Phi) is 7.63. The maximum atomic E-state index is 13.9. The van der Waals surface area contributed by atoms with Crippen LogP contribution in [0.3, 0.4) is 0 Å². The number of rotatable bonds is 6. The molecule has 1 atom stereocenters. The predicted molar refractivity (Wildman–Crippen MR) is 140 cm³/mol. The molecular formula is C27H28ClFN4O3S. The smallest absolute Gasteiger partial charge is 0.210 e. The second-order valence-corrected chi connectivity index (χ2v) is 11.8. The van der Waals surface area contributed by atoms with E-state index >= 15 is 0 Å². The molecule has 1 aromatic heterocycles. The van der Waals surface area contributed by atoms with Gasteiger partial charge in [-0.2, -0.15) is 5.26 Å². The van der Waals surface area contributed by atoms with E-state index in [2.05, 4.69) is 20.9 Å². The summed E-state index contributed by atoms with van der Waals surface area (Å²) in [5.74, 6) is -0.680. The average Bonchev–Trinajstić information content (AvgIpc) is 2.93. The van der Waals surface area contributed by atoms with Gasteiger partial charge in [0.1, 0.15) is 10.7 Å². The van der Waals surface area contributed by atoms with E-state index in [1.807, 2.05) is 0 Å². The molecule has 0 unspecified atom stereocenters. The van der Waals surface area contributed by atoms with Crippen LogP contribution >= 0.6 is 11.6 Å². The molecule has 3 heterocycles. The van der Waals surface area contributed by atoms with Crippen LogP contribution in [-0.2, 0) is 14.6 Å². The molecular weight excluding hydrogens is 515 g/mol. The van der Waals surface area contributed by atoms with Crippen molar-refractivity contribution in [3.05, 3.63) is 59.0 Å². The zero-order valence-electron chi connectivity index (χ0n) is 20.4. The Hall–Kier alpha value is -2.77. The van der Waals surface area contributed by atoms with Gasteiger partial charge in [0.2, 0.25) is 9.84 Å². The van der Waals surface area contributed by atoms with Crippen molar-refractivity contribution in [3.63, 3.8) is 0 Å². The van der Waals surface area contributed by atoms with E-state index in [1.54, 1.807) is 18.2 Å². The highest BCUT2D eigenvalue weighted by Crippen LogP contribution is 2.40. The Morgan fingerprint density at radius 2 is 1.95 bits per heavy atom. The highest BCUT2D eigenvalue weighted by molar-refractivity contribution is 7.91. The normalized spacial score (nSPS) is 19.2. The Labute approximate surface area is 221 Å². The molecule has 0 amide bonds. The first kappa shape index (κ1) is 25.9. The second-order valence-electron chi connectivity index (χ2n) is 9.48. The topological polar surface area (TPSA) is 86.5 Å². The van der Waals surface area contributed by atoms with Crippen LogP contribution in [0.5, 0.6) is 0 Å². The van der Waals surface area contributed by atoms with Crippen LogP contribution < -0.4 is 4.90 Å². The van der Waals surface area contributed by atoms with Crippen molar-refractivity contribution in [1.82, 2.24) is 9.88 Å². The monoisotopic (exact) mass is 542 g/mol. The minimum Gasteiger partial charge on any atom is -0.379 e. The number of benzene rings is 2. The van der Waals surface area contributed by atoms with Crippen molar-refractivity contribution in [3.8, 4) is 6.07 Å². The highest BCUT2D eigenvalue weighted by atomic mass is 35.5. The number of morpholine rings is 1. The van der Waals surface area contributed by atoms with Crippen molar-refractivity contribution in [2.45, 2.75) is 41.5 Å². The Morgan fingerprint density at radius 1 is 1.14 bits per heavy atom. The summed E-state index contributed by atoms with van der Waals surface area (Å²) < 4.78 is 47.2. The van der Waals surface area contributed by atoms with E-state index in [0.717, 1.165) is 70.7 Å². The zero-order valence-corrected chi connectivity index (χ0v) is 21.9. The molecule has 37 heavy (non-hydrogen) atoms. The maximum Gasteiger partial charge on any atom is 0.210 e. The van der Waals surface area contributed by atoms with E-state index in [4.69, 9.17) is 16.3 Å². The van der Waals surface area contributed by atoms with Gasteiger partial charge in [-0.25, -0.2) is 12.8 Å². The molecule has 194 valence electrons. The van der Waals surface area contributed by atoms with Crippen molar-refractivity contribution in [2.75, 3.05) is 44.3 Å². The standard InChI is InChI=1S/C27H28ClFN4O3S/c28-23-16-21(5-7-24(23)29)37(34,35)26-18-31-25-15-19(17-30)4-6-22(25)27(26)33-9-2-1-3-20(33)8-10-32-11-13-36-14-12-32/h4-7,15-16,18,20H,1-3,8-14H2/t20-/m1/s1. The fourth-order valence-corrected chi connectivity index (χ4v) is 6.94. The summed E-state index contributed by atoms with van der Waals surface area (Å²) in [6.45, 7) is 4.86. The van der Waals surface area contributed by atoms with Crippen molar-refractivity contribution < 1.29 is 17.5 Å². The van der Waals surface area contributed by atoms with E-state index in [1.165, 1.54) is 12.3 Å². The maximum absolute atomic E-state index is 13.9. The summed E-state index contributed by atoms with van der Waals surface area (Å²) in [5.41, 5.74) is 1.60. The Morgan fingerprint density at radius 3 is 2.70 bits per heavy atom. The van der Waals surface area contributed by atoms with Crippen LogP contribution in [0.15, 0.2) is 52.4 Å². The fourth-order valence-electron chi connectivity index (χ4n) is 5.25. The quantitative estimate of drug-likeness (QED) is 0.413. The van der Waals surface area contributed by atoms with Crippen molar-refractivity contribution >= 4 is 38.0 Å². The Balaban J connectivity index is 1.61. The molecule has 0 N–H and O–H groups in total. The molecule has 10 heteroatoms. The lowest BCUT2D eigenvalue weighted by atomic mass is 9.97. The summed E-state index contributed by atoms with van der Waals surface area (Å²) in [5, 5.41) is 9.81. The third kappa shape index (κ3) is 5.30. The average molecular weight is 543 g/mol.